The van der Waals surface area contributed by atoms with Gasteiger partial charge < -0.3 is 20.0 Å². The molecule has 2 amide bonds. The Hall–Kier alpha value is -1.85. The van der Waals surface area contributed by atoms with E-state index in [2.05, 4.69) is 22.3 Å². The Labute approximate surface area is 189 Å². The molecule has 1 aromatic heterocycles. The second-order valence-electron chi connectivity index (χ2n) is 7.65. The van der Waals surface area contributed by atoms with Gasteiger partial charge in [-0.25, -0.2) is 0 Å². The molecule has 0 aromatic carbocycles. The van der Waals surface area contributed by atoms with E-state index in [1.54, 1.807) is 22.8 Å². The number of carbonyl (C=O) groups is 2. The standard InChI is InChI=1S/C19H31N7O2.HI/c1-15-5-4-8-24(12-15)17(27)6-7-21-19(20-2)25-9-10-26(18(28)14-25)16-11-22-23(3)13-16;/h11,13,15H,4-10,12,14H2,1-3H3,(H,20,21);1H. The number of likely N-dealkylation sites (tertiary alicyclic amines) is 1. The molecule has 2 aliphatic heterocycles. The summed E-state index contributed by atoms with van der Waals surface area (Å²) in [5, 5.41) is 7.37. The van der Waals surface area contributed by atoms with Crippen molar-refractivity contribution in [3.63, 3.8) is 0 Å². The topological polar surface area (TPSA) is 86.1 Å². The van der Waals surface area contributed by atoms with Crippen LogP contribution in [0.25, 0.3) is 0 Å². The third-order valence-electron chi connectivity index (χ3n) is 5.37. The molecule has 2 fully saturated rings. The molecule has 1 atom stereocenters. The van der Waals surface area contributed by atoms with Gasteiger partial charge in [-0.1, -0.05) is 6.92 Å². The molecule has 29 heavy (non-hydrogen) atoms. The van der Waals surface area contributed by atoms with Crippen molar-refractivity contribution < 1.29 is 9.59 Å². The Morgan fingerprint density at radius 1 is 1.31 bits per heavy atom. The highest BCUT2D eigenvalue weighted by molar-refractivity contribution is 14.0. The van der Waals surface area contributed by atoms with Crippen LogP contribution in [-0.4, -0.2) is 83.7 Å². The smallest absolute Gasteiger partial charge is 0.246 e. The summed E-state index contributed by atoms with van der Waals surface area (Å²) < 4.78 is 1.69. The van der Waals surface area contributed by atoms with Gasteiger partial charge in [-0.3, -0.25) is 19.3 Å². The number of carbonyl (C=O) groups excluding carboxylic acids is 2. The minimum Gasteiger partial charge on any atom is -0.356 e. The largest absolute Gasteiger partial charge is 0.356 e. The lowest BCUT2D eigenvalue weighted by Crippen LogP contribution is -2.55. The Morgan fingerprint density at radius 3 is 2.72 bits per heavy atom. The summed E-state index contributed by atoms with van der Waals surface area (Å²) in [6.45, 7) is 5.95. The first-order chi connectivity index (χ1) is 13.5. The Kier molecular flexibility index (Phi) is 8.72. The molecule has 3 rings (SSSR count). The quantitative estimate of drug-likeness (QED) is 0.365. The summed E-state index contributed by atoms with van der Waals surface area (Å²) in [7, 11) is 3.54. The van der Waals surface area contributed by atoms with Gasteiger partial charge in [0, 0.05) is 59.4 Å². The number of nitrogens with one attached hydrogen (secondary N) is 1. The third-order valence-corrected chi connectivity index (χ3v) is 5.37. The zero-order valence-electron chi connectivity index (χ0n) is 17.5. The Balaban J connectivity index is 0.00000300. The zero-order chi connectivity index (χ0) is 20.1. The molecule has 0 bridgehead atoms. The van der Waals surface area contributed by atoms with Crippen molar-refractivity contribution >= 4 is 47.4 Å². The molecule has 0 aliphatic carbocycles. The van der Waals surface area contributed by atoms with Crippen molar-refractivity contribution in [3.8, 4) is 0 Å². The predicted octanol–water partition coefficient (Wildman–Crippen LogP) is 0.911. The minimum atomic E-state index is 0. The van der Waals surface area contributed by atoms with Crippen molar-refractivity contribution in [1.29, 1.82) is 0 Å². The highest BCUT2D eigenvalue weighted by Gasteiger charge is 2.28. The lowest BCUT2D eigenvalue weighted by atomic mass is 10.00. The number of aryl methyl sites for hydroxylation is 1. The van der Waals surface area contributed by atoms with Crippen LogP contribution in [-0.2, 0) is 16.6 Å². The number of piperidine rings is 1. The monoisotopic (exact) mass is 517 g/mol. The summed E-state index contributed by atoms with van der Waals surface area (Å²) in [5.41, 5.74) is 0.816. The van der Waals surface area contributed by atoms with Gasteiger partial charge in [0.05, 0.1) is 11.9 Å². The van der Waals surface area contributed by atoms with Crippen LogP contribution < -0.4 is 10.2 Å². The maximum atomic E-state index is 12.6. The van der Waals surface area contributed by atoms with Crippen molar-refractivity contribution in [2.45, 2.75) is 26.2 Å². The molecule has 9 nitrogen and oxygen atoms in total. The minimum absolute atomic E-state index is 0. The number of nitrogens with zero attached hydrogens (tertiary/aromatic N) is 6. The molecule has 2 aliphatic rings. The Morgan fingerprint density at radius 2 is 2.10 bits per heavy atom. The van der Waals surface area contributed by atoms with E-state index in [1.807, 2.05) is 23.0 Å². The second-order valence-corrected chi connectivity index (χ2v) is 7.65. The third kappa shape index (κ3) is 6.06. The van der Waals surface area contributed by atoms with E-state index >= 15 is 0 Å². The lowest BCUT2D eigenvalue weighted by molar-refractivity contribution is -0.132. The van der Waals surface area contributed by atoms with Crippen LogP contribution >= 0.6 is 24.0 Å². The van der Waals surface area contributed by atoms with Gasteiger partial charge in [-0.15, -0.1) is 24.0 Å². The number of aromatic nitrogens is 2. The normalized spacial score (nSPS) is 20.5. The summed E-state index contributed by atoms with van der Waals surface area (Å²) in [4.78, 5) is 34.9. The maximum absolute atomic E-state index is 12.6. The van der Waals surface area contributed by atoms with Crippen LogP contribution in [0.2, 0.25) is 0 Å². The van der Waals surface area contributed by atoms with Crippen LogP contribution in [0, 0.1) is 5.92 Å². The predicted molar refractivity (Wildman–Crippen MR) is 124 cm³/mol. The van der Waals surface area contributed by atoms with Crippen molar-refractivity contribution in [3.05, 3.63) is 12.4 Å². The summed E-state index contributed by atoms with van der Waals surface area (Å²) in [5.74, 6) is 1.45. The van der Waals surface area contributed by atoms with Gasteiger partial charge in [0.25, 0.3) is 0 Å². The molecule has 0 radical (unpaired) electrons. The van der Waals surface area contributed by atoms with Gasteiger partial charge in [0.15, 0.2) is 5.96 Å². The highest BCUT2D eigenvalue weighted by Crippen LogP contribution is 2.17. The molecule has 3 heterocycles. The number of rotatable bonds is 4. The van der Waals surface area contributed by atoms with Gasteiger partial charge in [0.2, 0.25) is 11.8 Å². The van der Waals surface area contributed by atoms with Gasteiger partial charge in [0.1, 0.15) is 6.54 Å². The van der Waals surface area contributed by atoms with Crippen LogP contribution in [0.4, 0.5) is 5.69 Å². The van der Waals surface area contributed by atoms with E-state index < -0.39 is 0 Å². The average molecular weight is 517 g/mol. The molecule has 1 unspecified atom stereocenters. The number of piperazine rings is 1. The first kappa shape index (κ1) is 23.4. The zero-order valence-corrected chi connectivity index (χ0v) is 19.8. The van der Waals surface area contributed by atoms with Crippen molar-refractivity contribution in [2.75, 3.05) is 51.2 Å². The molecule has 0 saturated carbocycles. The molecule has 162 valence electrons. The second kappa shape index (κ2) is 10.8. The molecule has 1 aromatic rings. The summed E-state index contributed by atoms with van der Waals surface area (Å²) in [6, 6.07) is 0. The first-order valence-electron chi connectivity index (χ1n) is 10.0. The fraction of sp³-hybridized carbons (Fsp3) is 0.684. The van der Waals surface area contributed by atoms with Gasteiger partial charge in [-0.2, -0.15) is 5.10 Å². The van der Waals surface area contributed by atoms with Crippen molar-refractivity contribution in [1.82, 2.24) is 24.9 Å². The van der Waals surface area contributed by atoms with Crippen LogP contribution in [0.3, 0.4) is 0 Å². The molecular formula is C19H32IN7O2. The lowest BCUT2D eigenvalue weighted by Gasteiger charge is -2.35. The SMILES string of the molecule is CN=C(NCCC(=O)N1CCCC(C)C1)N1CCN(c2cnn(C)c2)C(=O)C1.I. The molecule has 10 heteroatoms. The van der Waals surface area contributed by atoms with E-state index in [1.165, 1.54) is 6.42 Å². The number of halogens is 1. The fourth-order valence-corrected chi connectivity index (χ4v) is 3.86. The van der Waals surface area contributed by atoms with E-state index in [-0.39, 0.29) is 42.3 Å². The Bertz CT molecular complexity index is 736. The van der Waals surface area contributed by atoms with Crippen LogP contribution in [0.5, 0.6) is 0 Å². The van der Waals surface area contributed by atoms with Crippen LogP contribution in [0.1, 0.15) is 26.2 Å². The fourth-order valence-electron chi connectivity index (χ4n) is 3.86. The van der Waals surface area contributed by atoms with Gasteiger partial charge >= 0.3 is 0 Å². The van der Waals surface area contributed by atoms with E-state index in [0.717, 1.165) is 25.2 Å². The number of amides is 2. The highest BCUT2D eigenvalue weighted by atomic mass is 127. The van der Waals surface area contributed by atoms with E-state index in [9.17, 15) is 9.59 Å². The summed E-state index contributed by atoms with van der Waals surface area (Å²) in [6.07, 6.45) is 6.27. The first-order valence-corrected chi connectivity index (χ1v) is 10.0. The van der Waals surface area contributed by atoms with Gasteiger partial charge in [-0.05, 0) is 18.8 Å². The average Bonchev–Trinajstić information content (AvgIpc) is 3.11. The number of hydrogen-bond acceptors (Lipinski definition) is 4. The maximum Gasteiger partial charge on any atom is 0.246 e. The van der Waals surface area contributed by atoms with E-state index in [4.69, 9.17) is 0 Å². The molecule has 0 spiro atoms. The van der Waals surface area contributed by atoms with E-state index in [0.29, 0.717) is 37.9 Å². The molecular weight excluding hydrogens is 485 g/mol. The number of hydrogen-bond donors (Lipinski definition) is 1. The number of anilines is 1. The number of aliphatic imine (C=N–C) groups is 1. The number of guanidine groups is 1. The van der Waals surface area contributed by atoms with Crippen LogP contribution in [0.15, 0.2) is 17.4 Å². The molecule has 2 saturated heterocycles. The van der Waals surface area contributed by atoms with Crippen molar-refractivity contribution in [2.24, 2.45) is 18.0 Å². The summed E-state index contributed by atoms with van der Waals surface area (Å²) >= 11 is 0. The molecule has 1 N–H and O–H groups in total.